The smallest absolute Gasteiger partial charge is 0.0669 e. The molecule has 3 nitrogen and oxygen atoms in total. The number of nitriles is 1. The molecule has 1 aliphatic heterocycles. The Morgan fingerprint density at radius 2 is 2.27 bits per heavy atom. The van der Waals surface area contributed by atoms with Crippen LogP contribution >= 0.6 is 0 Å². The van der Waals surface area contributed by atoms with E-state index in [4.69, 9.17) is 10.00 Å². The molecule has 0 aromatic rings. The van der Waals surface area contributed by atoms with E-state index in [1.807, 2.05) is 0 Å². The van der Waals surface area contributed by atoms with E-state index < -0.39 is 0 Å². The van der Waals surface area contributed by atoms with Crippen LogP contribution in [-0.4, -0.2) is 37.2 Å². The molecule has 3 heteroatoms. The zero-order valence-corrected chi connectivity index (χ0v) is 10.1. The number of likely N-dealkylation sites (tertiary alicyclic amines) is 1. The van der Waals surface area contributed by atoms with Crippen molar-refractivity contribution in [1.29, 1.82) is 5.26 Å². The highest BCUT2D eigenvalue weighted by Crippen LogP contribution is 2.19. The van der Waals surface area contributed by atoms with Gasteiger partial charge in [-0.25, -0.2) is 0 Å². The summed E-state index contributed by atoms with van der Waals surface area (Å²) in [7, 11) is 1.76. The van der Waals surface area contributed by atoms with Gasteiger partial charge in [0, 0.05) is 20.2 Å². The fourth-order valence-corrected chi connectivity index (χ4v) is 1.89. The van der Waals surface area contributed by atoms with Crippen molar-refractivity contribution >= 4 is 0 Å². The van der Waals surface area contributed by atoms with Gasteiger partial charge in [-0.1, -0.05) is 0 Å². The first-order valence-electron chi connectivity index (χ1n) is 5.74. The molecule has 0 aromatic heterocycles. The van der Waals surface area contributed by atoms with E-state index >= 15 is 0 Å². The summed E-state index contributed by atoms with van der Waals surface area (Å²) in [5.74, 6) is 0.240. The second kappa shape index (κ2) is 5.48. The summed E-state index contributed by atoms with van der Waals surface area (Å²) >= 11 is 0. The van der Waals surface area contributed by atoms with Gasteiger partial charge in [-0.05, 0) is 39.7 Å². The van der Waals surface area contributed by atoms with Crippen LogP contribution in [0.4, 0.5) is 0 Å². The summed E-state index contributed by atoms with van der Waals surface area (Å²) in [6.07, 6.45) is 3.26. The molecule has 0 bridgehead atoms. The molecule has 0 aliphatic carbocycles. The Bertz CT molecular complexity index is 232. The monoisotopic (exact) mass is 210 g/mol. The molecular formula is C12H22N2O. The number of hydrogen-bond acceptors (Lipinski definition) is 3. The topological polar surface area (TPSA) is 36.3 Å². The SMILES string of the molecule is COC(C)(C)CCN1CCCC(C#N)C1. The number of methoxy groups -OCH3 is 1. The van der Waals surface area contributed by atoms with Crippen LogP contribution in [0.1, 0.15) is 33.1 Å². The molecule has 0 N–H and O–H groups in total. The Morgan fingerprint density at radius 1 is 1.53 bits per heavy atom. The van der Waals surface area contributed by atoms with Crippen molar-refractivity contribution in [3.05, 3.63) is 0 Å². The van der Waals surface area contributed by atoms with Gasteiger partial charge in [-0.15, -0.1) is 0 Å². The minimum absolute atomic E-state index is 0.0421. The number of rotatable bonds is 4. The minimum atomic E-state index is -0.0421. The maximum absolute atomic E-state index is 8.88. The molecule has 1 atom stereocenters. The first-order chi connectivity index (χ1) is 7.07. The Hall–Kier alpha value is -0.590. The maximum Gasteiger partial charge on any atom is 0.0669 e. The Balaban J connectivity index is 2.30. The lowest BCUT2D eigenvalue weighted by molar-refractivity contribution is 0.00510. The van der Waals surface area contributed by atoms with Gasteiger partial charge >= 0.3 is 0 Å². The Labute approximate surface area is 93.0 Å². The second-order valence-electron chi connectivity index (χ2n) is 4.98. The number of hydrogen-bond donors (Lipinski definition) is 0. The van der Waals surface area contributed by atoms with Gasteiger partial charge in [-0.3, -0.25) is 0 Å². The van der Waals surface area contributed by atoms with Crippen LogP contribution in [0.3, 0.4) is 0 Å². The summed E-state index contributed by atoms with van der Waals surface area (Å²) < 4.78 is 5.39. The van der Waals surface area contributed by atoms with Gasteiger partial charge in [-0.2, -0.15) is 5.26 Å². The molecule has 1 saturated heterocycles. The van der Waals surface area contributed by atoms with Gasteiger partial charge in [0.1, 0.15) is 0 Å². The second-order valence-corrected chi connectivity index (χ2v) is 4.98. The van der Waals surface area contributed by atoms with E-state index in [1.165, 1.54) is 0 Å². The van der Waals surface area contributed by atoms with Crippen LogP contribution in [-0.2, 0) is 4.74 Å². The van der Waals surface area contributed by atoms with Crippen molar-refractivity contribution in [3.8, 4) is 6.07 Å². The van der Waals surface area contributed by atoms with E-state index in [9.17, 15) is 0 Å². The first-order valence-corrected chi connectivity index (χ1v) is 5.74. The fourth-order valence-electron chi connectivity index (χ4n) is 1.89. The molecule has 1 aliphatic rings. The lowest BCUT2D eigenvalue weighted by Crippen LogP contribution is -2.38. The van der Waals surface area contributed by atoms with Crippen LogP contribution in [0.5, 0.6) is 0 Å². The average Bonchev–Trinajstić information content (AvgIpc) is 2.27. The molecular weight excluding hydrogens is 188 g/mol. The molecule has 1 heterocycles. The standard InChI is InChI=1S/C12H22N2O/c1-12(2,15-3)6-8-14-7-4-5-11(9-13)10-14/h11H,4-8,10H2,1-3H3. The Morgan fingerprint density at radius 3 is 2.87 bits per heavy atom. The minimum Gasteiger partial charge on any atom is -0.379 e. The maximum atomic E-state index is 8.88. The van der Waals surface area contributed by atoms with E-state index in [-0.39, 0.29) is 11.5 Å². The van der Waals surface area contributed by atoms with Crippen LogP contribution in [0.15, 0.2) is 0 Å². The molecule has 0 radical (unpaired) electrons. The van der Waals surface area contributed by atoms with Crippen LogP contribution in [0.2, 0.25) is 0 Å². The van der Waals surface area contributed by atoms with E-state index in [0.717, 1.165) is 38.9 Å². The summed E-state index contributed by atoms with van der Waals surface area (Å²) in [5, 5.41) is 8.88. The van der Waals surface area contributed by atoms with Crippen LogP contribution in [0.25, 0.3) is 0 Å². The molecule has 86 valence electrons. The third-order valence-corrected chi connectivity index (χ3v) is 3.27. The van der Waals surface area contributed by atoms with Gasteiger partial charge in [0.25, 0.3) is 0 Å². The predicted molar refractivity (Wildman–Crippen MR) is 60.5 cm³/mol. The summed E-state index contributed by atoms with van der Waals surface area (Å²) in [6.45, 7) is 7.34. The highest BCUT2D eigenvalue weighted by atomic mass is 16.5. The third kappa shape index (κ3) is 4.19. The normalized spacial score (nSPS) is 23.7. The molecule has 0 amide bonds. The number of ether oxygens (including phenoxy) is 1. The molecule has 0 saturated carbocycles. The molecule has 0 aromatic carbocycles. The quantitative estimate of drug-likeness (QED) is 0.712. The van der Waals surface area contributed by atoms with E-state index in [1.54, 1.807) is 7.11 Å². The van der Waals surface area contributed by atoms with E-state index in [0.29, 0.717) is 0 Å². The van der Waals surface area contributed by atoms with Gasteiger partial charge in [0.15, 0.2) is 0 Å². The van der Waals surface area contributed by atoms with Gasteiger partial charge < -0.3 is 9.64 Å². The molecule has 15 heavy (non-hydrogen) atoms. The van der Waals surface area contributed by atoms with Crippen molar-refractivity contribution in [1.82, 2.24) is 4.90 Å². The summed E-state index contributed by atoms with van der Waals surface area (Å²) in [5.41, 5.74) is -0.0421. The van der Waals surface area contributed by atoms with Crippen molar-refractivity contribution < 1.29 is 4.74 Å². The van der Waals surface area contributed by atoms with Gasteiger partial charge in [0.05, 0.1) is 17.6 Å². The van der Waals surface area contributed by atoms with Gasteiger partial charge in [0.2, 0.25) is 0 Å². The Kier molecular flexibility index (Phi) is 4.56. The highest BCUT2D eigenvalue weighted by Gasteiger charge is 2.22. The molecule has 1 fully saturated rings. The van der Waals surface area contributed by atoms with Crippen molar-refractivity contribution in [2.75, 3.05) is 26.7 Å². The predicted octanol–water partition coefficient (Wildman–Crippen LogP) is 2.04. The number of nitrogens with zero attached hydrogens (tertiary/aromatic N) is 2. The number of piperidine rings is 1. The van der Waals surface area contributed by atoms with Crippen molar-refractivity contribution in [2.24, 2.45) is 5.92 Å². The van der Waals surface area contributed by atoms with Crippen molar-refractivity contribution in [2.45, 2.75) is 38.7 Å². The highest BCUT2D eigenvalue weighted by molar-refractivity contribution is 4.88. The van der Waals surface area contributed by atoms with E-state index in [2.05, 4.69) is 24.8 Å². The summed E-state index contributed by atoms with van der Waals surface area (Å²) in [6, 6.07) is 2.37. The largest absolute Gasteiger partial charge is 0.379 e. The molecule has 0 spiro atoms. The fraction of sp³-hybridized carbons (Fsp3) is 0.917. The lowest BCUT2D eigenvalue weighted by atomic mass is 9.98. The molecule has 1 unspecified atom stereocenters. The van der Waals surface area contributed by atoms with Crippen LogP contribution in [0, 0.1) is 17.2 Å². The van der Waals surface area contributed by atoms with Crippen LogP contribution < -0.4 is 0 Å². The average molecular weight is 210 g/mol. The van der Waals surface area contributed by atoms with Crippen molar-refractivity contribution in [3.63, 3.8) is 0 Å². The third-order valence-electron chi connectivity index (χ3n) is 3.27. The zero-order valence-electron chi connectivity index (χ0n) is 10.1. The lowest BCUT2D eigenvalue weighted by Gasteiger charge is -2.32. The zero-order chi connectivity index (χ0) is 11.3. The molecule has 1 rings (SSSR count). The summed E-state index contributed by atoms with van der Waals surface area (Å²) in [4.78, 5) is 2.39. The first kappa shape index (κ1) is 12.5.